The van der Waals surface area contributed by atoms with Gasteiger partial charge in [0.25, 0.3) is 0 Å². The Hall–Kier alpha value is -4.26. The van der Waals surface area contributed by atoms with Crippen molar-refractivity contribution < 1.29 is 4.79 Å². The van der Waals surface area contributed by atoms with Crippen molar-refractivity contribution in [1.82, 2.24) is 24.3 Å². The molecule has 0 atom stereocenters. The molecule has 7 heteroatoms. The first kappa shape index (κ1) is 22.5. The van der Waals surface area contributed by atoms with Gasteiger partial charge in [-0.15, -0.1) is 0 Å². The molecule has 2 aromatic carbocycles. The second-order valence-corrected chi connectivity index (χ2v) is 9.76. The fourth-order valence-electron chi connectivity index (χ4n) is 3.90. The Morgan fingerprint density at radius 2 is 1.66 bits per heavy atom. The van der Waals surface area contributed by atoms with Crippen LogP contribution in [0.5, 0.6) is 0 Å². The standard InChI is InChI=1S/C28H28N6O/c1-19-7-11-22(12-8-19)34-25(17-24(32-34)28(2,3)4)31-26(35)16-20-9-13-21(14-10-20)33-18-30-23-6-5-15-29-27(23)33/h5-15,17-18H,16H2,1-4H3,(H,31,35). The smallest absolute Gasteiger partial charge is 0.229 e. The van der Waals surface area contributed by atoms with E-state index in [1.54, 1.807) is 17.2 Å². The predicted octanol–water partition coefficient (Wildman–Crippen LogP) is 5.39. The van der Waals surface area contributed by atoms with Gasteiger partial charge in [-0.2, -0.15) is 5.10 Å². The molecule has 0 aliphatic rings. The number of anilines is 1. The molecule has 1 amide bonds. The van der Waals surface area contributed by atoms with Crippen LogP contribution in [-0.4, -0.2) is 30.2 Å². The monoisotopic (exact) mass is 464 g/mol. The highest BCUT2D eigenvalue weighted by Gasteiger charge is 2.21. The maximum Gasteiger partial charge on any atom is 0.229 e. The van der Waals surface area contributed by atoms with Crippen LogP contribution in [0.25, 0.3) is 22.5 Å². The van der Waals surface area contributed by atoms with Crippen LogP contribution in [0.4, 0.5) is 5.82 Å². The first-order valence-corrected chi connectivity index (χ1v) is 11.6. The molecule has 5 rings (SSSR count). The Labute approximate surface area is 204 Å². The zero-order valence-electron chi connectivity index (χ0n) is 20.4. The van der Waals surface area contributed by atoms with Crippen LogP contribution in [0, 0.1) is 6.92 Å². The number of carbonyl (C=O) groups excluding carboxylic acids is 1. The summed E-state index contributed by atoms with van der Waals surface area (Å²) in [5.41, 5.74) is 6.37. The molecule has 7 nitrogen and oxygen atoms in total. The summed E-state index contributed by atoms with van der Waals surface area (Å²) in [7, 11) is 0. The molecule has 0 bridgehead atoms. The summed E-state index contributed by atoms with van der Waals surface area (Å²) in [6.07, 6.45) is 3.77. The average molecular weight is 465 g/mol. The normalized spacial score (nSPS) is 11.7. The van der Waals surface area contributed by atoms with Crippen molar-refractivity contribution in [3.8, 4) is 11.4 Å². The third-order valence-electron chi connectivity index (χ3n) is 5.91. The number of carbonyl (C=O) groups is 1. The molecule has 0 aliphatic carbocycles. The Morgan fingerprint density at radius 1 is 0.943 bits per heavy atom. The van der Waals surface area contributed by atoms with Gasteiger partial charge in [0.2, 0.25) is 5.91 Å². The fraction of sp³-hybridized carbons (Fsp3) is 0.214. The summed E-state index contributed by atoms with van der Waals surface area (Å²) in [4.78, 5) is 21.8. The Bertz CT molecular complexity index is 1490. The van der Waals surface area contributed by atoms with Gasteiger partial charge in [0.1, 0.15) is 17.7 Å². The second kappa shape index (κ2) is 8.83. The maximum atomic E-state index is 13.0. The lowest BCUT2D eigenvalue weighted by Crippen LogP contribution is -2.17. The number of amides is 1. The Kier molecular flexibility index (Phi) is 5.68. The molecule has 35 heavy (non-hydrogen) atoms. The Morgan fingerprint density at radius 3 is 2.37 bits per heavy atom. The lowest BCUT2D eigenvalue weighted by molar-refractivity contribution is -0.115. The van der Waals surface area contributed by atoms with Crippen molar-refractivity contribution in [2.24, 2.45) is 0 Å². The molecular formula is C28H28N6O. The quantitative estimate of drug-likeness (QED) is 0.378. The largest absolute Gasteiger partial charge is 0.310 e. The van der Waals surface area contributed by atoms with Crippen molar-refractivity contribution in [3.63, 3.8) is 0 Å². The molecule has 0 fully saturated rings. The highest BCUT2D eigenvalue weighted by Crippen LogP contribution is 2.26. The number of benzene rings is 2. The molecule has 0 spiro atoms. The van der Waals surface area contributed by atoms with Crippen LogP contribution < -0.4 is 5.32 Å². The maximum absolute atomic E-state index is 13.0. The van der Waals surface area contributed by atoms with E-state index in [0.29, 0.717) is 5.82 Å². The SMILES string of the molecule is Cc1ccc(-n2nc(C(C)(C)C)cc2NC(=O)Cc2ccc(-n3cnc4cccnc43)cc2)cc1. The molecule has 0 saturated carbocycles. The van der Waals surface area contributed by atoms with Crippen molar-refractivity contribution >= 4 is 22.9 Å². The van der Waals surface area contributed by atoms with Gasteiger partial charge < -0.3 is 5.32 Å². The Balaban J connectivity index is 1.35. The molecule has 1 N–H and O–H groups in total. The number of hydrogen-bond acceptors (Lipinski definition) is 4. The predicted molar refractivity (Wildman–Crippen MR) is 138 cm³/mol. The summed E-state index contributed by atoms with van der Waals surface area (Å²) in [5, 5.41) is 7.86. The number of nitrogens with one attached hydrogen (secondary N) is 1. The van der Waals surface area contributed by atoms with E-state index in [0.717, 1.165) is 33.8 Å². The lowest BCUT2D eigenvalue weighted by atomic mass is 9.92. The van der Waals surface area contributed by atoms with Crippen LogP contribution in [-0.2, 0) is 16.6 Å². The topological polar surface area (TPSA) is 77.6 Å². The number of nitrogens with zero attached hydrogens (tertiary/aromatic N) is 5. The van der Waals surface area contributed by atoms with Crippen LogP contribution in [0.2, 0.25) is 0 Å². The van der Waals surface area contributed by atoms with E-state index in [2.05, 4.69) is 36.1 Å². The number of aryl methyl sites for hydroxylation is 1. The van der Waals surface area contributed by atoms with Crippen molar-refractivity contribution in [1.29, 1.82) is 0 Å². The number of rotatable bonds is 5. The molecule has 0 saturated heterocycles. The number of fused-ring (bicyclic) bond motifs is 1. The minimum atomic E-state index is -0.141. The molecular weight excluding hydrogens is 436 g/mol. The first-order valence-electron chi connectivity index (χ1n) is 11.6. The van der Waals surface area contributed by atoms with Crippen LogP contribution in [0.1, 0.15) is 37.6 Å². The third kappa shape index (κ3) is 4.71. The van der Waals surface area contributed by atoms with E-state index in [1.807, 2.05) is 78.2 Å². The van der Waals surface area contributed by atoms with E-state index in [9.17, 15) is 4.79 Å². The van der Waals surface area contributed by atoms with E-state index < -0.39 is 0 Å². The van der Waals surface area contributed by atoms with Crippen molar-refractivity contribution in [2.45, 2.75) is 39.5 Å². The molecule has 0 unspecified atom stereocenters. The molecule has 0 aliphatic heterocycles. The summed E-state index contributed by atoms with van der Waals surface area (Å²) in [6.45, 7) is 8.39. The molecule has 0 radical (unpaired) electrons. The molecule has 3 heterocycles. The minimum Gasteiger partial charge on any atom is -0.310 e. The van der Waals surface area contributed by atoms with Crippen LogP contribution in [0.3, 0.4) is 0 Å². The second-order valence-electron chi connectivity index (χ2n) is 9.76. The van der Waals surface area contributed by atoms with Gasteiger partial charge in [-0.1, -0.05) is 50.6 Å². The highest BCUT2D eigenvalue weighted by molar-refractivity contribution is 5.92. The van der Waals surface area contributed by atoms with Gasteiger partial charge in [0, 0.05) is 23.4 Å². The van der Waals surface area contributed by atoms with E-state index >= 15 is 0 Å². The summed E-state index contributed by atoms with van der Waals surface area (Å²) in [6, 6.07) is 21.7. The lowest BCUT2D eigenvalue weighted by Gasteiger charge is -2.14. The van der Waals surface area contributed by atoms with Gasteiger partial charge in [-0.3, -0.25) is 9.36 Å². The van der Waals surface area contributed by atoms with Crippen molar-refractivity contribution in [3.05, 3.63) is 96.1 Å². The zero-order valence-corrected chi connectivity index (χ0v) is 20.4. The van der Waals surface area contributed by atoms with Gasteiger partial charge in [0.15, 0.2) is 5.65 Å². The summed E-state index contributed by atoms with van der Waals surface area (Å²) in [5.74, 6) is 0.567. The van der Waals surface area contributed by atoms with Crippen LogP contribution in [0.15, 0.2) is 79.3 Å². The minimum absolute atomic E-state index is 0.0961. The van der Waals surface area contributed by atoms with Gasteiger partial charge in [-0.05, 0) is 48.9 Å². The molecule has 5 aromatic rings. The molecule has 176 valence electrons. The average Bonchev–Trinajstić information content (AvgIpc) is 3.45. The van der Waals surface area contributed by atoms with Crippen LogP contribution >= 0.6 is 0 Å². The number of pyridine rings is 1. The number of hydrogen-bond donors (Lipinski definition) is 1. The fourth-order valence-corrected chi connectivity index (χ4v) is 3.90. The zero-order chi connectivity index (χ0) is 24.6. The molecule has 3 aromatic heterocycles. The first-order chi connectivity index (χ1) is 16.8. The van der Waals surface area contributed by atoms with E-state index in [1.165, 1.54) is 5.56 Å². The van der Waals surface area contributed by atoms with Gasteiger partial charge >= 0.3 is 0 Å². The summed E-state index contributed by atoms with van der Waals surface area (Å²) < 4.78 is 3.74. The van der Waals surface area contributed by atoms with Crippen molar-refractivity contribution in [2.75, 3.05) is 5.32 Å². The number of imidazole rings is 1. The van der Waals surface area contributed by atoms with E-state index in [-0.39, 0.29) is 17.7 Å². The highest BCUT2D eigenvalue weighted by atomic mass is 16.1. The number of aromatic nitrogens is 5. The van der Waals surface area contributed by atoms with Gasteiger partial charge in [0.05, 0.1) is 17.8 Å². The van der Waals surface area contributed by atoms with E-state index in [4.69, 9.17) is 5.10 Å². The summed E-state index contributed by atoms with van der Waals surface area (Å²) >= 11 is 0. The third-order valence-corrected chi connectivity index (χ3v) is 5.91. The van der Waals surface area contributed by atoms with Gasteiger partial charge in [-0.25, -0.2) is 14.6 Å².